The van der Waals surface area contributed by atoms with Gasteiger partial charge in [-0.05, 0) is 28.1 Å². The molecule has 0 unspecified atom stereocenters. The molecule has 0 aromatic carbocycles. The van der Waals surface area contributed by atoms with Crippen LogP contribution in [0.3, 0.4) is 0 Å². The van der Waals surface area contributed by atoms with Crippen LogP contribution in [0.2, 0.25) is 0 Å². The molecule has 0 aliphatic carbocycles. The maximum atomic E-state index is 5.79. The van der Waals surface area contributed by atoms with Crippen molar-refractivity contribution < 1.29 is 0 Å². The second kappa shape index (κ2) is 3.42. The van der Waals surface area contributed by atoms with Gasteiger partial charge in [0, 0.05) is 18.8 Å². The number of anilines is 1. The minimum atomic E-state index is 0.664. The van der Waals surface area contributed by atoms with Gasteiger partial charge in [-0.25, -0.2) is 4.98 Å². The molecule has 2 rings (SSSR count). The SMILES string of the molecule is Cn1ncc(N)c1-c1ccc(Br)nc1. The van der Waals surface area contributed by atoms with Crippen molar-refractivity contribution in [2.24, 2.45) is 7.05 Å². The summed E-state index contributed by atoms with van der Waals surface area (Å²) in [7, 11) is 1.85. The number of aromatic nitrogens is 3. The largest absolute Gasteiger partial charge is 0.396 e. The molecule has 2 aromatic rings. The Hall–Kier alpha value is -1.36. The van der Waals surface area contributed by atoms with Crippen LogP contribution in [-0.2, 0) is 7.05 Å². The van der Waals surface area contributed by atoms with Gasteiger partial charge in [0.25, 0.3) is 0 Å². The van der Waals surface area contributed by atoms with Crippen LogP contribution in [0.4, 0.5) is 5.69 Å². The van der Waals surface area contributed by atoms with Gasteiger partial charge in [0.05, 0.1) is 17.6 Å². The van der Waals surface area contributed by atoms with Gasteiger partial charge in [-0.15, -0.1) is 0 Å². The first-order valence-corrected chi connectivity index (χ1v) is 4.87. The van der Waals surface area contributed by atoms with E-state index < -0.39 is 0 Å². The van der Waals surface area contributed by atoms with Crippen molar-refractivity contribution in [1.29, 1.82) is 0 Å². The highest BCUT2D eigenvalue weighted by atomic mass is 79.9. The second-order valence-electron chi connectivity index (χ2n) is 2.94. The third-order valence-corrected chi connectivity index (χ3v) is 2.44. The zero-order valence-electron chi connectivity index (χ0n) is 7.61. The zero-order chi connectivity index (χ0) is 10.1. The number of nitrogens with two attached hydrogens (primary N) is 1. The Labute approximate surface area is 89.9 Å². The summed E-state index contributed by atoms with van der Waals surface area (Å²) in [6, 6.07) is 3.83. The summed E-state index contributed by atoms with van der Waals surface area (Å²) >= 11 is 3.28. The van der Waals surface area contributed by atoms with Gasteiger partial charge in [-0.3, -0.25) is 4.68 Å². The minimum Gasteiger partial charge on any atom is -0.396 e. The predicted molar refractivity (Wildman–Crippen MR) is 58.6 cm³/mol. The van der Waals surface area contributed by atoms with E-state index in [1.165, 1.54) is 0 Å². The second-order valence-corrected chi connectivity index (χ2v) is 3.75. The van der Waals surface area contributed by atoms with Crippen LogP contribution in [0.15, 0.2) is 29.1 Å². The Morgan fingerprint density at radius 1 is 1.36 bits per heavy atom. The third kappa shape index (κ3) is 1.50. The third-order valence-electron chi connectivity index (χ3n) is 1.97. The Morgan fingerprint density at radius 2 is 2.14 bits per heavy atom. The highest BCUT2D eigenvalue weighted by molar-refractivity contribution is 9.10. The Morgan fingerprint density at radius 3 is 2.64 bits per heavy atom. The summed E-state index contributed by atoms with van der Waals surface area (Å²) in [5.74, 6) is 0. The smallest absolute Gasteiger partial charge is 0.106 e. The van der Waals surface area contributed by atoms with Crippen molar-refractivity contribution >= 4 is 21.6 Å². The van der Waals surface area contributed by atoms with E-state index in [1.807, 2.05) is 19.2 Å². The fourth-order valence-corrected chi connectivity index (χ4v) is 1.56. The highest BCUT2D eigenvalue weighted by Crippen LogP contribution is 2.24. The molecule has 2 aromatic heterocycles. The first kappa shape index (κ1) is 9.21. The van der Waals surface area contributed by atoms with E-state index in [-0.39, 0.29) is 0 Å². The van der Waals surface area contributed by atoms with E-state index in [4.69, 9.17) is 5.73 Å². The molecule has 0 aliphatic heterocycles. The molecule has 0 amide bonds. The van der Waals surface area contributed by atoms with E-state index in [9.17, 15) is 0 Å². The summed E-state index contributed by atoms with van der Waals surface area (Å²) in [6.07, 6.45) is 3.40. The standard InChI is InChI=1S/C9H9BrN4/c1-14-9(7(11)5-13-14)6-2-3-8(10)12-4-6/h2-5H,11H2,1H3. The molecule has 0 fully saturated rings. The molecular formula is C9H9BrN4. The van der Waals surface area contributed by atoms with Gasteiger partial charge >= 0.3 is 0 Å². The van der Waals surface area contributed by atoms with Gasteiger partial charge in [0.15, 0.2) is 0 Å². The van der Waals surface area contributed by atoms with E-state index in [2.05, 4.69) is 26.0 Å². The molecule has 2 N–H and O–H groups in total. The van der Waals surface area contributed by atoms with Crippen LogP contribution in [-0.4, -0.2) is 14.8 Å². The molecule has 4 nitrogen and oxygen atoms in total. The highest BCUT2D eigenvalue weighted by Gasteiger charge is 2.07. The number of nitrogen functional groups attached to an aromatic ring is 1. The van der Waals surface area contributed by atoms with Gasteiger partial charge in [0.1, 0.15) is 4.60 Å². The lowest BCUT2D eigenvalue weighted by Gasteiger charge is -2.02. The Balaban J connectivity index is 2.54. The number of hydrogen-bond acceptors (Lipinski definition) is 3. The molecule has 0 saturated heterocycles. The van der Waals surface area contributed by atoms with Gasteiger partial charge in [0.2, 0.25) is 0 Å². The zero-order valence-corrected chi connectivity index (χ0v) is 9.19. The van der Waals surface area contributed by atoms with Crippen molar-refractivity contribution in [2.75, 3.05) is 5.73 Å². The van der Waals surface area contributed by atoms with Gasteiger partial charge in [-0.2, -0.15) is 5.10 Å². The maximum Gasteiger partial charge on any atom is 0.106 e. The summed E-state index contributed by atoms with van der Waals surface area (Å²) < 4.78 is 2.54. The first-order valence-electron chi connectivity index (χ1n) is 4.08. The van der Waals surface area contributed by atoms with Crippen LogP contribution in [0.1, 0.15) is 0 Å². The molecule has 0 atom stereocenters. The maximum absolute atomic E-state index is 5.79. The van der Waals surface area contributed by atoms with Crippen LogP contribution < -0.4 is 5.73 Å². The van der Waals surface area contributed by atoms with Crippen molar-refractivity contribution in [3.8, 4) is 11.3 Å². The lowest BCUT2D eigenvalue weighted by Crippen LogP contribution is -1.96. The number of hydrogen-bond donors (Lipinski definition) is 1. The molecule has 72 valence electrons. The quantitative estimate of drug-likeness (QED) is 0.789. The average molecular weight is 253 g/mol. The van der Waals surface area contributed by atoms with Crippen molar-refractivity contribution in [3.63, 3.8) is 0 Å². The average Bonchev–Trinajstić information content (AvgIpc) is 2.49. The lowest BCUT2D eigenvalue weighted by molar-refractivity contribution is 0.775. The molecule has 0 radical (unpaired) electrons. The Bertz CT molecular complexity index is 427. The van der Waals surface area contributed by atoms with E-state index in [0.717, 1.165) is 15.9 Å². The summed E-state index contributed by atoms with van der Waals surface area (Å²) in [4.78, 5) is 4.14. The van der Waals surface area contributed by atoms with Crippen molar-refractivity contribution in [3.05, 3.63) is 29.1 Å². The number of pyridine rings is 1. The summed E-state index contributed by atoms with van der Waals surface area (Å²) in [6.45, 7) is 0. The van der Waals surface area contributed by atoms with Crippen molar-refractivity contribution in [2.45, 2.75) is 0 Å². The number of nitrogens with zero attached hydrogens (tertiary/aromatic N) is 3. The van der Waals surface area contributed by atoms with Crippen LogP contribution in [0, 0.1) is 0 Å². The van der Waals surface area contributed by atoms with Crippen LogP contribution >= 0.6 is 15.9 Å². The molecule has 0 aliphatic rings. The molecule has 14 heavy (non-hydrogen) atoms. The lowest BCUT2D eigenvalue weighted by atomic mass is 10.2. The van der Waals surface area contributed by atoms with E-state index >= 15 is 0 Å². The summed E-state index contributed by atoms with van der Waals surface area (Å²) in [5.41, 5.74) is 8.31. The van der Waals surface area contributed by atoms with E-state index in [0.29, 0.717) is 5.69 Å². The Kier molecular flexibility index (Phi) is 2.25. The minimum absolute atomic E-state index is 0.664. The van der Waals surface area contributed by atoms with Gasteiger partial charge in [-0.1, -0.05) is 0 Å². The topological polar surface area (TPSA) is 56.7 Å². The van der Waals surface area contributed by atoms with Crippen LogP contribution in [0.25, 0.3) is 11.3 Å². The van der Waals surface area contributed by atoms with Gasteiger partial charge < -0.3 is 5.73 Å². The number of halogens is 1. The monoisotopic (exact) mass is 252 g/mol. The van der Waals surface area contributed by atoms with Crippen molar-refractivity contribution in [1.82, 2.24) is 14.8 Å². The molecule has 0 saturated carbocycles. The molecule has 5 heteroatoms. The number of aryl methyl sites for hydroxylation is 1. The number of rotatable bonds is 1. The fraction of sp³-hybridized carbons (Fsp3) is 0.111. The molecular weight excluding hydrogens is 244 g/mol. The predicted octanol–water partition coefficient (Wildman–Crippen LogP) is 1.83. The molecule has 0 spiro atoms. The first-order chi connectivity index (χ1) is 6.68. The normalized spacial score (nSPS) is 10.4. The van der Waals surface area contributed by atoms with E-state index in [1.54, 1.807) is 17.1 Å². The fourth-order valence-electron chi connectivity index (χ4n) is 1.32. The molecule has 2 heterocycles. The molecule has 0 bridgehead atoms. The van der Waals surface area contributed by atoms with Crippen LogP contribution in [0.5, 0.6) is 0 Å². The summed E-state index contributed by atoms with van der Waals surface area (Å²) in [5, 5.41) is 4.07.